The number of rotatable bonds is 3. The molecule has 0 bridgehead atoms. The molecule has 0 saturated heterocycles. The molecular weight excluding hydrogens is 204 g/mol. The van der Waals surface area contributed by atoms with E-state index in [0.29, 0.717) is 6.42 Å². The van der Waals surface area contributed by atoms with Crippen molar-refractivity contribution in [2.45, 2.75) is 64.3 Å². The van der Waals surface area contributed by atoms with E-state index in [9.17, 15) is 5.11 Å². The zero-order chi connectivity index (χ0) is 11.6. The van der Waals surface area contributed by atoms with Crippen LogP contribution in [-0.2, 0) is 9.78 Å². The van der Waals surface area contributed by atoms with E-state index >= 15 is 0 Å². The summed E-state index contributed by atoms with van der Waals surface area (Å²) < 4.78 is 0. The maximum absolute atomic E-state index is 10.3. The Bertz CT molecular complexity index is 268. The Kier molecular flexibility index (Phi) is 3.67. The van der Waals surface area contributed by atoms with Gasteiger partial charge in [0.15, 0.2) is 0 Å². The zero-order valence-corrected chi connectivity index (χ0v) is 10.2. The minimum Gasteiger partial charge on any atom is -0.363 e. The van der Waals surface area contributed by atoms with Crippen LogP contribution in [0.5, 0.6) is 0 Å². The van der Waals surface area contributed by atoms with Crippen molar-refractivity contribution >= 4 is 0 Å². The molecule has 1 N–H and O–H groups in total. The molecule has 0 aliphatic heterocycles. The van der Waals surface area contributed by atoms with Gasteiger partial charge in [0.2, 0.25) is 5.79 Å². The molecule has 0 amide bonds. The molecule has 2 atom stereocenters. The van der Waals surface area contributed by atoms with Crippen molar-refractivity contribution in [3.05, 3.63) is 11.6 Å². The third-order valence-corrected chi connectivity index (χ3v) is 3.66. The molecular formula is C13H22O3. The van der Waals surface area contributed by atoms with Crippen molar-refractivity contribution in [3.8, 4) is 0 Å². The van der Waals surface area contributed by atoms with Crippen LogP contribution in [0.2, 0.25) is 0 Å². The van der Waals surface area contributed by atoms with Gasteiger partial charge in [-0.2, -0.15) is 4.89 Å². The summed E-state index contributed by atoms with van der Waals surface area (Å²) >= 11 is 0. The van der Waals surface area contributed by atoms with Crippen LogP contribution in [0.25, 0.3) is 0 Å². The maximum atomic E-state index is 10.3. The van der Waals surface area contributed by atoms with Crippen LogP contribution in [0.15, 0.2) is 11.6 Å². The van der Waals surface area contributed by atoms with Crippen molar-refractivity contribution in [2.24, 2.45) is 5.92 Å². The highest BCUT2D eigenvalue weighted by Gasteiger charge is 2.40. The lowest BCUT2D eigenvalue weighted by molar-refractivity contribution is -0.444. The van der Waals surface area contributed by atoms with E-state index in [-0.39, 0.29) is 12.0 Å². The quantitative estimate of drug-likeness (QED) is 0.348. The van der Waals surface area contributed by atoms with Crippen LogP contribution in [-0.4, -0.2) is 17.0 Å². The molecule has 2 unspecified atom stereocenters. The molecule has 16 heavy (non-hydrogen) atoms. The Morgan fingerprint density at radius 1 is 1.31 bits per heavy atom. The first-order valence-corrected chi connectivity index (χ1v) is 6.34. The third kappa shape index (κ3) is 2.65. The summed E-state index contributed by atoms with van der Waals surface area (Å²) in [4.78, 5) is 10.7. The first-order chi connectivity index (χ1) is 7.60. The Labute approximate surface area is 97.4 Å². The number of hydrogen-bond donors (Lipinski definition) is 1. The van der Waals surface area contributed by atoms with Crippen molar-refractivity contribution in [2.75, 3.05) is 0 Å². The predicted molar refractivity (Wildman–Crippen MR) is 61.5 cm³/mol. The first-order valence-electron chi connectivity index (χ1n) is 6.34. The van der Waals surface area contributed by atoms with Crippen LogP contribution in [0, 0.1) is 5.92 Å². The topological polar surface area (TPSA) is 38.7 Å². The minimum absolute atomic E-state index is 0.0103. The van der Waals surface area contributed by atoms with Crippen LogP contribution in [0.3, 0.4) is 0 Å². The van der Waals surface area contributed by atoms with E-state index in [2.05, 4.69) is 0 Å². The molecule has 0 heterocycles. The van der Waals surface area contributed by atoms with Gasteiger partial charge in [0, 0.05) is 12.3 Å². The fourth-order valence-corrected chi connectivity index (χ4v) is 2.59. The van der Waals surface area contributed by atoms with Crippen molar-refractivity contribution in [1.82, 2.24) is 0 Å². The fraction of sp³-hybridized carbons (Fsp3) is 0.846. The summed E-state index contributed by atoms with van der Waals surface area (Å²) in [6.45, 7) is 3.97. The summed E-state index contributed by atoms with van der Waals surface area (Å²) in [6, 6.07) is 0. The molecule has 0 aromatic rings. The smallest absolute Gasteiger partial charge is 0.208 e. The molecule has 92 valence electrons. The molecule has 3 heteroatoms. The van der Waals surface area contributed by atoms with E-state index in [0.717, 1.165) is 12.8 Å². The normalized spacial score (nSPS) is 36.4. The zero-order valence-electron chi connectivity index (χ0n) is 10.2. The largest absolute Gasteiger partial charge is 0.363 e. The van der Waals surface area contributed by atoms with Gasteiger partial charge in [-0.3, -0.25) is 0 Å². The molecule has 3 nitrogen and oxygen atoms in total. The second kappa shape index (κ2) is 4.86. The summed E-state index contributed by atoms with van der Waals surface area (Å²) in [5.74, 6) is -1.13. The summed E-state index contributed by atoms with van der Waals surface area (Å²) in [5.41, 5.74) is 1.17. The van der Waals surface area contributed by atoms with E-state index < -0.39 is 5.79 Å². The highest BCUT2D eigenvalue weighted by Crippen LogP contribution is 2.36. The van der Waals surface area contributed by atoms with Crippen molar-refractivity contribution in [1.29, 1.82) is 0 Å². The van der Waals surface area contributed by atoms with E-state index in [1.54, 1.807) is 0 Å². The highest BCUT2D eigenvalue weighted by molar-refractivity contribution is 5.14. The molecule has 0 spiro atoms. The van der Waals surface area contributed by atoms with Gasteiger partial charge in [-0.25, -0.2) is 4.89 Å². The van der Waals surface area contributed by atoms with Crippen LogP contribution in [0.4, 0.5) is 0 Å². The predicted octanol–water partition coefficient (Wildman–Crippen LogP) is 2.94. The Hall–Kier alpha value is -0.380. The molecule has 2 aliphatic carbocycles. The minimum atomic E-state index is -1.14. The lowest BCUT2D eigenvalue weighted by atomic mass is 9.98. The summed E-state index contributed by atoms with van der Waals surface area (Å²) in [6.07, 6.45) is 8.59. The lowest BCUT2D eigenvalue weighted by Crippen LogP contribution is -2.37. The van der Waals surface area contributed by atoms with Crippen molar-refractivity contribution < 1.29 is 14.9 Å². The maximum Gasteiger partial charge on any atom is 0.208 e. The molecule has 0 aromatic heterocycles. The average Bonchev–Trinajstić information content (AvgIpc) is 2.52. The first kappa shape index (κ1) is 12.1. The molecule has 2 aliphatic rings. The highest BCUT2D eigenvalue weighted by atomic mass is 17.2. The monoisotopic (exact) mass is 226 g/mol. The Morgan fingerprint density at radius 3 is 2.56 bits per heavy atom. The molecule has 0 aromatic carbocycles. The van der Waals surface area contributed by atoms with Crippen LogP contribution >= 0.6 is 0 Å². The third-order valence-electron chi connectivity index (χ3n) is 3.66. The molecule has 0 radical (unpaired) electrons. The van der Waals surface area contributed by atoms with Gasteiger partial charge in [-0.15, -0.1) is 0 Å². The molecule has 1 saturated carbocycles. The van der Waals surface area contributed by atoms with Gasteiger partial charge in [0.05, 0.1) is 6.10 Å². The second-order valence-electron chi connectivity index (χ2n) is 5.26. The second-order valence-corrected chi connectivity index (χ2v) is 5.26. The van der Waals surface area contributed by atoms with Gasteiger partial charge in [0.25, 0.3) is 0 Å². The van der Waals surface area contributed by atoms with E-state index in [4.69, 9.17) is 9.78 Å². The number of hydrogen-bond acceptors (Lipinski definition) is 3. The van der Waals surface area contributed by atoms with Gasteiger partial charge in [-0.1, -0.05) is 37.8 Å². The Morgan fingerprint density at radius 2 is 2.00 bits per heavy atom. The average molecular weight is 226 g/mol. The summed E-state index contributed by atoms with van der Waals surface area (Å²) in [7, 11) is 0. The standard InChI is InChI=1S/C13H22O3/c1-10-8-11(2)13(14,9-10)16-15-12-6-4-3-5-7-12/h8,11-12,14H,3-7,9H2,1-2H3. The number of aliphatic hydroxyl groups is 1. The van der Waals surface area contributed by atoms with Gasteiger partial charge >= 0.3 is 0 Å². The van der Waals surface area contributed by atoms with Crippen LogP contribution in [0.1, 0.15) is 52.4 Å². The van der Waals surface area contributed by atoms with E-state index in [1.807, 2.05) is 19.9 Å². The van der Waals surface area contributed by atoms with Crippen molar-refractivity contribution in [3.63, 3.8) is 0 Å². The van der Waals surface area contributed by atoms with Gasteiger partial charge < -0.3 is 5.11 Å². The lowest BCUT2D eigenvalue weighted by Gasteiger charge is -2.30. The molecule has 1 fully saturated rings. The fourth-order valence-electron chi connectivity index (χ4n) is 2.59. The van der Waals surface area contributed by atoms with E-state index in [1.165, 1.54) is 24.8 Å². The molecule has 2 rings (SSSR count). The van der Waals surface area contributed by atoms with Gasteiger partial charge in [-0.05, 0) is 19.8 Å². The SMILES string of the molecule is CC1=CC(C)C(O)(OOC2CCCCC2)C1. The van der Waals surface area contributed by atoms with Gasteiger partial charge in [0.1, 0.15) is 0 Å². The van der Waals surface area contributed by atoms with Crippen LogP contribution < -0.4 is 0 Å². The Balaban J connectivity index is 1.81. The summed E-state index contributed by atoms with van der Waals surface area (Å²) in [5, 5.41) is 10.3.